The number of hydrogen-bond donors (Lipinski definition) is 0. The molecule has 0 aliphatic carbocycles. The van der Waals surface area contributed by atoms with E-state index in [4.69, 9.17) is 9.47 Å². The molecule has 1 amide bonds. The van der Waals surface area contributed by atoms with Gasteiger partial charge in [0.1, 0.15) is 11.3 Å². The van der Waals surface area contributed by atoms with E-state index in [0.29, 0.717) is 24.6 Å². The minimum atomic E-state index is -0.00199. The van der Waals surface area contributed by atoms with Gasteiger partial charge in [0.15, 0.2) is 0 Å². The summed E-state index contributed by atoms with van der Waals surface area (Å²) in [5, 5.41) is 0. The van der Waals surface area contributed by atoms with Gasteiger partial charge in [-0.2, -0.15) is 0 Å². The molecule has 0 unspecified atom stereocenters. The third-order valence-corrected chi connectivity index (χ3v) is 4.72. The van der Waals surface area contributed by atoms with Gasteiger partial charge in [0.05, 0.1) is 13.7 Å². The normalized spacial score (nSPS) is 15.3. The molecule has 6 heteroatoms. The number of hydrogen-bond acceptors (Lipinski definition) is 5. The summed E-state index contributed by atoms with van der Waals surface area (Å²) in [4.78, 5) is 21.5. The van der Waals surface area contributed by atoms with E-state index in [2.05, 4.69) is 22.0 Å². The third kappa shape index (κ3) is 4.98. The van der Waals surface area contributed by atoms with Crippen LogP contribution in [0, 0.1) is 0 Å². The number of methoxy groups -OCH3 is 1. The zero-order chi connectivity index (χ0) is 19.1. The number of nitrogens with zero attached hydrogens (tertiary/aromatic N) is 3. The Kier molecular flexibility index (Phi) is 6.65. The second-order valence-corrected chi connectivity index (χ2v) is 6.56. The van der Waals surface area contributed by atoms with E-state index in [1.807, 2.05) is 24.0 Å². The maximum absolute atomic E-state index is 13.0. The standard InChI is InChI=1S/C21H27N3O3/c1-3-27-20-19(6-4-11-22-20)21(25)24-13-5-12-23(14-15-24)16-17-7-9-18(26-2)10-8-17/h4,6-11H,3,5,12-16H2,1-2H3. The fourth-order valence-corrected chi connectivity index (χ4v) is 3.30. The van der Waals surface area contributed by atoms with Crippen LogP contribution in [0.25, 0.3) is 0 Å². The average Bonchev–Trinajstić information content (AvgIpc) is 2.94. The molecule has 0 radical (unpaired) electrons. The summed E-state index contributed by atoms with van der Waals surface area (Å²) in [6, 6.07) is 11.7. The number of aromatic nitrogens is 1. The topological polar surface area (TPSA) is 54.9 Å². The zero-order valence-electron chi connectivity index (χ0n) is 16.1. The lowest BCUT2D eigenvalue weighted by Crippen LogP contribution is -2.35. The number of benzene rings is 1. The molecular formula is C21H27N3O3. The highest BCUT2D eigenvalue weighted by atomic mass is 16.5. The van der Waals surface area contributed by atoms with Crippen molar-refractivity contribution in [2.75, 3.05) is 39.9 Å². The largest absolute Gasteiger partial charge is 0.497 e. The molecular weight excluding hydrogens is 342 g/mol. The molecule has 1 aromatic heterocycles. The molecule has 0 bridgehead atoms. The smallest absolute Gasteiger partial charge is 0.259 e. The summed E-state index contributed by atoms with van der Waals surface area (Å²) in [5.41, 5.74) is 1.80. The van der Waals surface area contributed by atoms with Crippen LogP contribution < -0.4 is 9.47 Å². The Morgan fingerprint density at radius 1 is 1.11 bits per heavy atom. The predicted octanol–water partition coefficient (Wildman–Crippen LogP) is 2.84. The Bertz CT molecular complexity index is 749. The maximum Gasteiger partial charge on any atom is 0.259 e. The van der Waals surface area contributed by atoms with Crippen molar-refractivity contribution >= 4 is 5.91 Å². The molecule has 1 fully saturated rings. The number of carbonyl (C=O) groups is 1. The Morgan fingerprint density at radius 2 is 1.93 bits per heavy atom. The van der Waals surface area contributed by atoms with Crippen molar-refractivity contribution in [3.05, 3.63) is 53.7 Å². The van der Waals surface area contributed by atoms with Gasteiger partial charge in [-0.05, 0) is 43.2 Å². The zero-order valence-corrected chi connectivity index (χ0v) is 16.1. The number of ether oxygens (including phenoxy) is 2. The summed E-state index contributed by atoms with van der Waals surface area (Å²) in [6.45, 7) is 6.54. The molecule has 0 N–H and O–H groups in total. The Balaban J connectivity index is 1.61. The molecule has 2 heterocycles. The van der Waals surface area contributed by atoms with E-state index in [1.165, 1.54) is 5.56 Å². The molecule has 144 valence electrons. The van der Waals surface area contributed by atoms with Gasteiger partial charge in [0, 0.05) is 38.9 Å². The number of rotatable bonds is 6. The Hall–Kier alpha value is -2.60. The van der Waals surface area contributed by atoms with Crippen LogP contribution in [-0.2, 0) is 6.54 Å². The van der Waals surface area contributed by atoms with Gasteiger partial charge in [-0.15, -0.1) is 0 Å². The number of pyridine rings is 1. The van der Waals surface area contributed by atoms with Crippen LogP contribution in [0.15, 0.2) is 42.6 Å². The van der Waals surface area contributed by atoms with E-state index in [1.54, 1.807) is 25.4 Å². The molecule has 27 heavy (non-hydrogen) atoms. The monoisotopic (exact) mass is 369 g/mol. The first-order valence-corrected chi connectivity index (χ1v) is 9.43. The highest BCUT2D eigenvalue weighted by Gasteiger charge is 2.23. The van der Waals surface area contributed by atoms with Gasteiger partial charge in [-0.1, -0.05) is 12.1 Å². The first kappa shape index (κ1) is 19.2. The van der Waals surface area contributed by atoms with Gasteiger partial charge < -0.3 is 14.4 Å². The minimum absolute atomic E-state index is 0.00199. The molecule has 0 spiro atoms. The second-order valence-electron chi connectivity index (χ2n) is 6.56. The molecule has 6 nitrogen and oxygen atoms in total. The van der Waals surface area contributed by atoms with Crippen LogP contribution in [0.4, 0.5) is 0 Å². The maximum atomic E-state index is 13.0. The second kappa shape index (κ2) is 9.37. The number of carbonyl (C=O) groups excluding carboxylic acids is 1. The van der Waals surface area contributed by atoms with E-state index >= 15 is 0 Å². The summed E-state index contributed by atoms with van der Waals surface area (Å²) >= 11 is 0. The van der Waals surface area contributed by atoms with Crippen molar-refractivity contribution in [2.24, 2.45) is 0 Å². The summed E-state index contributed by atoms with van der Waals surface area (Å²) in [5.74, 6) is 1.29. The van der Waals surface area contributed by atoms with Gasteiger partial charge in [-0.25, -0.2) is 4.98 Å². The molecule has 2 aromatic rings. The van der Waals surface area contributed by atoms with Crippen molar-refractivity contribution in [1.29, 1.82) is 0 Å². The number of amides is 1. The molecule has 3 rings (SSSR count). The van der Waals surface area contributed by atoms with Crippen LogP contribution >= 0.6 is 0 Å². The fraction of sp³-hybridized carbons (Fsp3) is 0.429. The molecule has 1 saturated heterocycles. The third-order valence-electron chi connectivity index (χ3n) is 4.72. The van der Waals surface area contributed by atoms with E-state index in [0.717, 1.165) is 38.3 Å². The van der Waals surface area contributed by atoms with Crippen LogP contribution in [-0.4, -0.2) is 60.6 Å². The fourth-order valence-electron chi connectivity index (χ4n) is 3.30. The van der Waals surface area contributed by atoms with E-state index < -0.39 is 0 Å². The van der Waals surface area contributed by atoms with Crippen LogP contribution in [0.5, 0.6) is 11.6 Å². The Morgan fingerprint density at radius 3 is 2.67 bits per heavy atom. The molecule has 1 aliphatic rings. The lowest BCUT2D eigenvalue weighted by Gasteiger charge is -2.22. The van der Waals surface area contributed by atoms with Crippen LogP contribution in [0.1, 0.15) is 29.3 Å². The molecule has 0 saturated carbocycles. The predicted molar refractivity (Wildman–Crippen MR) is 104 cm³/mol. The van der Waals surface area contributed by atoms with Crippen LogP contribution in [0.3, 0.4) is 0 Å². The average molecular weight is 369 g/mol. The van der Waals surface area contributed by atoms with Crippen molar-refractivity contribution in [3.63, 3.8) is 0 Å². The van der Waals surface area contributed by atoms with Crippen molar-refractivity contribution in [2.45, 2.75) is 19.9 Å². The summed E-state index contributed by atoms with van der Waals surface area (Å²) in [6.07, 6.45) is 2.60. The molecule has 0 atom stereocenters. The van der Waals surface area contributed by atoms with Crippen molar-refractivity contribution < 1.29 is 14.3 Å². The summed E-state index contributed by atoms with van der Waals surface area (Å²) in [7, 11) is 1.68. The van der Waals surface area contributed by atoms with Gasteiger partial charge >= 0.3 is 0 Å². The van der Waals surface area contributed by atoms with Crippen LogP contribution in [0.2, 0.25) is 0 Å². The van der Waals surface area contributed by atoms with Gasteiger partial charge in [0.25, 0.3) is 5.91 Å². The quantitative estimate of drug-likeness (QED) is 0.784. The molecule has 1 aliphatic heterocycles. The van der Waals surface area contributed by atoms with Gasteiger partial charge in [-0.3, -0.25) is 9.69 Å². The Labute approximate surface area is 160 Å². The van der Waals surface area contributed by atoms with Crippen molar-refractivity contribution in [3.8, 4) is 11.6 Å². The lowest BCUT2D eigenvalue weighted by atomic mass is 10.2. The first-order chi connectivity index (χ1) is 13.2. The first-order valence-electron chi connectivity index (χ1n) is 9.43. The van der Waals surface area contributed by atoms with Crippen molar-refractivity contribution in [1.82, 2.24) is 14.8 Å². The SMILES string of the molecule is CCOc1ncccc1C(=O)N1CCCN(Cc2ccc(OC)cc2)CC1. The summed E-state index contributed by atoms with van der Waals surface area (Å²) < 4.78 is 10.7. The highest BCUT2D eigenvalue weighted by molar-refractivity contribution is 5.96. The van der Waals surface area contributed by atoms with Gasteiger partial charge in [0.2, 0.25) is 5.88 Å². The lowest BCUT2D eigenvalue weighted by molar-refractivity contribution is 0.0756. The minimum Gasteiger partial charge on any atom is -0.497 e. The van der Waals surface area contributed by atoms with E-state index in [9.17, 15) is 4.79 Å². The highest BCUT2D eigenvalue weighted by Crippen LogP contribution is 2.19. The van der Waals surface area contributed by atoms with E-state index in [-0.39, 0.29) is 5.91 Å². The molecule has 1 aromatic carbocycles.